The van der Waals surface area contributed by atoms with E-state index in [0.29, 0.717) is 29.6 Å². The maximum Gasteiger partial charge on any atom is 0.414 e. The maximum atomic E-state index is 12.9. The van der Waals surface area contributed by atoms with E-state index in [1.54, 1.807) is 25.2 Å². The molecule has 4 atom stereocenters. The largest absolute Gasteiger partial charge is 0.497 e. The molecule has 2 bridgehead atoms. The predicted octanol–water partition coefficient (Wildman–Crippen LogP) is 3.74. The molecule has 2 aromatic carbocycles. The summed E-state index contributed by atoms with van der Waals surface area (Å²) in [4.78, 5) is 16.9. The number of amides is 1. The lowest BCUT2D eigenvalue weighted by Crippen LogP contribution is -2.49. The van der Waals surface area contributed by atoms with Gasteiger partial charge in [-0.2, -0.15) is 0 Å². The number of ether oxygens (including phenoxy) is 4. The Morgan fingerprint density at radius 3 is 2.47 bits per heavy atom. The lowest BCUT2D eigenvalue weighted by Gasteiger charge is -2.35. The molecule has 4 unspecified atom stereocenters. The van der Waals surface area contributed by atoms with Crippen LogP contribution in [-0.2, 0) is 9.47 Å². The van der Waals surface area contributed by atoms with Crippen molar-refractivity contribution in [2.75, 3.05) is 50.8 Å². The van der Waals surface area contributed by atoms with Crippen LogP contribution in [-0.4, -0.2) is 58.8 Å². The normalized spacial score (nSPS) is 27.3. The first-order chi connectivity index (χ1) is 15.6. The molecule has 2 saturated heterocycles. The summed E-state index contributed by atoms with van der Waals surface area (Å²) in [6.07, 6.45) is 3.90. The number of fused-ring (bicyclic) bond motifs is 5. The number of carbonyl (C=O) groups excluding carboxylic acids is 1. The quantitative estimate of drug-likeness (QED) is 0.643. The standard InChI is InChI=1S/C25H28N2O5/c1-29-19-11-18(12-20(13-19)30-2)27(24(28)31-3)16-25-10-9-23(32-25)21-14-26(15-22(21)25)17-7-5-4-6-8-17/h4-13,21-23H,14-16H2,1-3H3. The number of methoxy groups -OCH3 is 3. The van der Waals surface area contributed by atoms with Gasteiger partial charge in [0.25, 0.3) is 0 Å². The van der Waals surface area contributed by atoms with Gasteiger partial charge in [-0.05, 0) is 12.1 Å². The molecule has 0 aliphatic carbocycles. The third-order valence-electron chi connectivity index (χ3n) is 6.91. The second-order valence-corrected chi connectivity index (χ2v) is 8.53. The second kappa shape index (κ2) is 8.06. The minimum Gasteiger partial charge on any atom is -0.497 e. The van der Waals surface area contributed by atoms with E-state index in [4.69, 9.17) is 18.9 Å². The zero-order chi connectivity index (χ0) is 22.3. The van der Waals surface area contributed by atoms with Gasteiger partial charge >= 0.3 is 6.09 Å². The van der Waals surface area contributed by atoms with E-state index in [2.05, 4.69) is 41.3 Å². The fourth-order valence-corrected chi connectivity index (χ4v) is 5.33. The lowest BCUT2D eigenvalue weighted by molar-refractivity contribution is 0.0165. The minimum absolute atomic E-state index is 0.0630. The van der Waals surface area contributed by atoms with Crippen LogP contribution in [0.1, 0.15) is 0 Å². The monoisotopic (exact) mass is 436 g/mol. The summed E-state index contributed by atoms with van der Waals surface area (Å²) >= 11 is 0. The average molecular weight is 437 g/mol. The van der Waals surface area contributed by atoms with Gasteiger partial charge in [-0.15, -0.1) is 0 Å². The first-order valence-corrected chi connectivity index (χ1v) is 10.8. The van der Waals surface area contributed by atoms with Crippen LogP contribution >= 0.6 is 0 Å². The SMILES string of the molecule is COC(=O)N(CC12C=CC(O1)C1CN(c3ccccc3)CC12)c1cc(OC)cc(OC)c1. The van der Waals surface area contributed by atoms with Crippen LogP contribution in [0.2, 0.25) is 0 Å². The van der Waals surface area contributed by atoms with Crippen LogP contribution in [0.5, 0.6) is 11.5 Å². The molecule has 168 valence electrons. The molecular weight excluding hydrogens is 408 g/mol. The number of hydrogen-bond donors (Lipinski definition) is 0. The zero-order valence-electron chi connectivity index (χ0n) is 18.6. The molecule has 0 spiro atoms. The molecule has 0 radical (unpaired) electrons. The Balaban J connectivity index is 1.45. The van der Waals surface area contributed by atoms with Crippen LogP contribution < -0.4 is 19.3 Å². The summed E-state index contributed by atoms with van der Waals surface area (Å²) in [7, 11) is 4.57. The summed E-state index contributed by atoms with van der Waals surface area (Å²) in [6, 6.07) is 15.9. The summed E-state index contributed by atoms with van der Waals surface area (Å²) in [5, 5.41) is 0. The smallest absolute Gasteiger partial charge is 0.414 e. The van der Waals surface area contributed by atoms with Crippen molar-refractivity contribution in [3.05, 3.63) is 60.7 Å². The molecule has 2 fully saturated rings. The summed E-state index contributed by atoms with van der Waals surface area (Å²) in [5.41, 5.74) is 1.30. The summed E-state index contributed by atoms with van der Waals surface area (Å²) in [5.74, 6) is 1.87. The summed E-state index contributed by atoms with van der Waals surface area (Å²) < 4.78 is 22.5. The van der Waals surface area contributed by atoms with Crippen molar-refractivity contribution >= 4 is 17.5 Å². The van der Waals surface area contributed by atoms with Gasteiger partial charge in [0.1, 0.15) is 17.1 Å². The summed E-state index contributed by atoms with van der Waals surface area (Å²) in [6.45, 7) is 2.18. The van der Waals surface area contributed by atoms with Crippen molar-refractivity contribution in [2.24, 2.45) is 11.8 Å². The van der Waals surface area contributed by atoms with Crippen molar-refractivity contribution < 1.29 is 23.7 Å². The molecule has 3 heterocycles. The first-order valence-electron chi connectivity index (χ1n) is 10.8. The van der Waals surface area contributed by atoms with Crippen molar-refractivity contribution in [2.45, 2.75) is 11.7 Å². The van der Waals surface area contributed by atoms with E-state index in [-0.39, 0.29) is 12.0 Å². The highest BCUT2D eigenvalue weighted by Crippen LogP contribution is 2.52. The Labute approximate surface area is 188 Å². The van der Waals surface area contributed by atoms with Crippen LogP contribution in [0.3, 0.4) is 0 Å². The van der Waals surface area contributed by atoms with Crippen molar-refractivity contribution in [1.82, 2.24) is 0 Å². The Hall–Kier alpha value is -3.19. The average Bonchev–Trinajstić information content (AvgIpc) is 3.54. The van der Waals surface area contributed by atoms with Crippen molar-refractivity contribution in [3.8, 4) is 11.5 Å². The molecule has 0 saturated carbocycles. The fourth-order valence-electron chi connectivity index (χ4n) is 5.33. The van der Waals surface area contributed by atoms with E-state index < -0.39 is 11.7 Å². The predicted molar refractivity (Wildman–Crippen MR) is 122 cm³/mol. The van der Waals surface area contributed by atoms with Gasteiger partial charge in [-0.3, -0.25) is 4.90 Å². The van der Waals surface area contributed by atoms with Gasteiger partial charge in [0, 0.05) is 48.8 Å². The van der Waals surface area contributed by atoms with Crippen LogP contribution in [0, 0.1) is 11.8 Å². The molecule has 3 aliphatic rings. The molecule has 3 aliphatic heterocycles. The van der Waals surface area contributed by atoms with Gasteiger partial charge in [0.15, 0.2) is 0 Å². The molecule has 0 N–H and O–H groups in total. The van der Waals surface area contributed by atoms with E-state index in [0.717, 1.165) is 13.1 Å². The zero-order valence-corrected chi connectivity index (χ0v) is 18.6. The molecule has 32 heavy (non-hydrogen) atoms. The third-order valence-corrected chi connectivity index (χ3v) is 6.91. The van der Waals surface area contributed by atoms with Crippen LogP contribution in [0.4, 0.5) is 16.2 Å². The Kier molecular flexibility index (Phi) is 5.21. The Morgan fingerprint density at radius 2 is 1.81 bits per heavy atom. The highest BCUT2D eigenvalue weighted by atomic mass is 16.5. The van der Waals surface area contributed by atoms with Crippen molar-refractivity contribution in [3.63, 3.8) is 0 Å². The second-order valence-electron chi connectivity index (χ2n) is 8.53. The van der Waals surface area contributed by atoms with Gasteiger partial charge in [0.05, 0.1) is 39.7 Å². The van der Waals surface area contributed by atoms with Gasteiger partial charge < -0.3 is 23.8 Å². The van der Waals surface area contributed by atoms with E-state index in [1.165, 1.54) is 12.8 Å². The molecule has 2 aromatic rings. The number of nitrogens with zero attached hydrogens (tertiary/aromatic N) is 2. The Morgan fingerprint density at radius 1 is 1.09 bits per heavy atom. The third kappa shape index (κ3) is 3.37. The molecular formula is C25H28N2O5. The molecule has 5 rings (SSSR count). The molecule has 1 amide bonds. The van der Waals surface area contributed by atoms with Gasteiger partial charge in [-0.1, -0.05) is 30.4 Å². The minimum atomic E-state index is -0.566. The van der Waals surface area contributed by atoms with Crippen LogP contribution in [0.15, 0.2) is 60.7 Å². The number of hydrogen-bond acceptors (Lipinski definition) is 6. The number of rotatable bonds is 6. The van der Waals surface area contributed by atoms with E-state index in [1.807, 2.05) is 18.2 Å². The molecule has 7 nitrogen and oxygen atoms in total. The first kappa shape index (κ1) is 20.7. The molecule has 7 heteroatoms. The number of para-hydroxylation sites is 1. The van der Waals surface area contributed by atoms with Crippen molar-refractivity contribution in [1.29, 1.82) is 0 Å². The maximum absolute atomic E-state index is 12.9. The Bertz CT molecular complexity index is 1000. The van der Waals surface area contributed by atoms with Gasteiger partial charge in [-0.25, -0.2) is 4.79 Å². The highest BCUT2D eigenvalue weighted by Gasteiger charge is 2.60. The van der Waals surface area contributed by atoms with E-state index >= 15 is 0 Å². The topological polar surface area (TPSA) is 60.5 Å². The number of carbonyl (C=O) groups is 1. The van der Waals surface area contributed by atoms with Crippen LogP contribution in [0.25, 0.3) is 0 Å². The lowest BCUT2D eigenvalue weighted by atomic mass is 9.77. The van der Waals surface area contributed by atoms with E-state index in [9.17, 15) is 4.79 Å². The highest BCUT2D eigenvalue weighted by molar-refractivity contribution is 5.88. The fraction of sp³-hybridized carbons (Fsp3) is 0.400. The molecule has 0 aromatic heterocycles. The number of benzene rings is 2. The van der Waals surface area contributed by atoms with Gasteiger partial charge in [0.2, 0.25) is 0 Å². The number of anilines is 2.